The van der Waals surface area contributed by atoms with E-state index in [0.717, 1.165) is 27.7 Å². The van der Waals surface area contributed by atoms with Crippen LogP contribution in [0.3, 0.4) is 0 Å². The molecule has 2 heterocycles. The molecule has 0 aliphatic heterocycles. The van der Waals surface area contributed by atoms with Crippen molar-refractivity contribution in [2.75, 3.05) is 0 Å². The Hall–Kier alpha value is -2.86. The highest BCUT2D eigenvalue weighted by Crippen LogP contribution is 2.25. The summed E-state index contributed by atoms with van der Waals surface area (Å²) >= 11 is 1.55. The van der Waals surface area contributed by atoms with E-state index in [2.05, 4.69) is 15.0 Å². The number of hydrogen-bond acceptors (Lipinski definition) is 4. The van der Waals surface area contributed by atoms with Crippen LogP contribution in [0.5, 0.6) is 0 Å². The van der Waals surface area contributed by atoms with Gasteiger partial charge in [0.2, 0.25) is 5.89 Å². The molecule has 0 atom stereocenters. The number of H-pyrrole nitrogens is 1. The first-order valence-electron chi connectivity index (χ1n) is 7.71. The standard InChI is InChI=1S/C19H14FN3OS/c20-15-8-6-14(7-9-15)18-22-16(11-24-18)12-25-19-21-10-17(23-19)13-4-2-1-3-5-13/h1-11H,12H2,(H,21,23). The molecule has 0 unspecified atom stereocenters. The van der Waals surface area contributed by atoms with E-state index in [1.165, 1.54) is 12.1 Å². The maximum absolute atomic E-state index is 13.0. The zero-order valence-electron chi connectivity index (χ0n) is 13.1. The molecule has 2 aromatic heterocycles. The summed E-state index contributed by atoms with van der Waals surface area (Å²) < 4.78 is 18.5. The number of nitrogens with zero attached hydrogens (tertiary/aromatic N) is 2. The summed E-state index contributed by atoms with van der Waals surface area (Å²) in [6.45, 7) is 0. The lowest BCUT2D eigenvalue weighted by Gasteiger charge is -1.96. The summed E-state index contributed by atoms with van der Waals surface area (Å²) in [6.07, 6.45) is 3.44. The number of imidazole rings is 1. The van der Waals surface area contributed by atoms with Crippen LogP contribution in [-0.4, -0.2) is 15.0 Å². The fourth-order valence-electron chi connectivity index (χ4n) is 2.38. The number of rotatable bonds is 5. The predicted molar refractivity (Wildman–Crippen MR) is 95.5 cm³/mol. The third kappa shape index (κ3) is 3.64. The Balaban J connectivity index is 1.42. The zero-order valence-corrected chi connectivity index (χ0v) is 14.0. The summed E-state index contributed by atoms with van der Waals surface area (Å²) in [5.74, 6) is 0.838. The van der Waals surface area contributed by atoms with Crippen molar-refractivity contribution in [2.24, 2.45) is 0 Å². The first-order chi connectivity index (χ1) is 12.3. The van der Waals surface area contributed by atoms with Gasteiger partial charge in [0.05, 0.1) is 17.6 Å². The van der Waals surface area contributed by atoms with E-state index in [1.54, 1.807) is 30.2 Å². The molecule has 0 fully saturated rings. The average molecular weight is 351 g/mol. The Labute approximate surface area is 148 Å². The summed E-state index contributed by atoms with van der Waals surface area (Å²) in [4.78, 5) is 12.1. The van der Waals surface area contributed by atoms with Gasteiger partial charge >= 0.3 is 0 Å². The fourth-order valence-corrected chi connectivity index (χ4v) is 3.11. The van der Waals surface area contributed by atoms with Gasteiger partial charge in [-0.2, -0.15) is 0 Å². The normalized spacial score (nSPS) is 10.9. The summed E-state index contributed by atoms with van der Waals surface area (Å²) in [5.41, 5.74) is 3.64. The molecule has 0 saturated carbocycles. The molecule has 0 aliphatic carbocycles. The van der Waals surface area contributed by atoms with Crippen molar-refractivity contribution < 1.29 is 8.81 Å². The molecular weight excluding hydrogens is 337 g/mol. The van der Waals surface area contributed by atoms with Crippen LogP contribution in [0.15, 0.2) is 76.6 Å². The highest BCUT2D eigenvalue weighted by Gasteiger charge is 2.09. The molecule has 0 spiro atoms. The van der Waals surface area contributed by atoms with Crippen molar-refractivity contribution in [1.29, 1.82) is 0 Å². The van der Waals surface area contributed by atoms with Crippen molar-refractivity contribution in [3.63, 3.8) is 0 Å². The molecule has 4 rings (SSSR count). The lowest BCUT2D eigenvalue weighted by molar-refractivity contribution is 0.573. The van der Waals surface area contributed by atoms with Crippen molar-refractivity contribution in [3.05, 3.63) is 78.6 Å². The van der Waals surface area contributed by atoms with E-state index in [-0.39, 0.29) is 5.82 Å². The van der Waals surface area contributed by atoms with Gasteiger partial charge in [0.15, 0.2) is 5.16 Å². The molecule has 4 nitrogen and oxygen atoms in total. The van der Waals surface area contributed by atoms with Gasteiger partial charge in [-0.05, 0) is 29.8 Å². The van der Waals surface area contributed by atoms with Crippen LogP contribution in [0, 0.1) is 5.82 Å². The molecular formula is C19H14FN3OS. The number of oxazole rings is 1. The van der Waals surface area contributed by atoms with E-state index in [1.807, 2.05) is 36.5 Å². The first-order valence-corrected chi connectivity index (χ1v) is 8.70. The number of hydrogen-bond donors (Lipinski definition) is 1. The van der Waals surface area contributed by atoms with Gasteiger partial charge < -0.3 is 9.40 Å². The van der Waals surface area contributed by atoms with E-state index in [9.17, 15) is 4.39 Å². The second-order valence-corrected chi connectivity index (χ2v) is 6.37. The lowest BCUT2D eigenvalue weighted by atomic mass is 10.2. The van der Waals surface area contributed by atoms with Gasteiger partial charge in [-0.1, -0.05) is 42.1 Å². The molecule has 0 amide bonds. The van der Waals surface area contributed by atoms with Crippen LogP contribution < -0.4 is 0 Å². The van der Waals surface area contributed by atoms with Gasteiger partial charge in [0.25, 0.3) is 0 Å². The van der Waals surface area contributed by atoms with Gasteiger partial charge in [-0.15, -0.1) is 0 Å². The van der Waals surface area contributed by atoms with Crippen molar-refractivity contribution >= 4 is 11.8 Å². The Kier molecular flexibility index (Phi) is 4.35. The van der Waals surface area contributed by atoms with Crippen LogP contribution in [0.4, 0.5) is 4.39 Å². The third-order valence-corrected chi connectivity index (χ3v) is 4.56. The molecule has 0 radical (unpaired) electrons. The lowest BCUT2D eigenvalue weighted by Crippen LogP contribution is -1.84. The zero-order chi connectivity index (χ0) is 17.1. The Bertz CT molecular complexity index is 964. The SMILES string of the molecule is Fc1ccc(-c2nc(CSc3ncc(-c4ccccc4)[nH]3)co2)cc1. The van der Waals surface area contributed by atoms with Gasteiger partial charge in [-0.3, -0.25) is 0 Å². The second-order valence-electron chi connectivity index (χ2n) is 5.41. The predicted octanol–water partition coefficient (Wildman–Crippen LogP) is 5.16. The minimum atomic E-state index is -0.280. The minimum Gasteiger partial charge on any atom is -0.444 e. The van der Waals surface area contributed by atoms with Crippen LogP contribution in [0.25, 0.3) is 22.7 Å². The maximum atomic E-state index is 13.0. The summed E-state index contributed by atoms with van der Waals surface area (Å²) in [7, 11) is 0. The van der Waals surface area contributed by atoms with E-state index in [0.29, 0.717) is 11.6 Å². The summed E-state index contributed by atoms with van der Waals surface area (Å²) in [5, 5.41) is 0.824. The quantitative estimate of drug-likeness (QED) is 0.504. The molecule has 6 heteroatoms. The maximum Gasteiger partial charge on any atom is 0.226 e. The number of aromatic amines is 1. The molecule has 25 heavy (non-hydrogen) atoms. The summed E-state index contributed by atoms with van der Waals surface area (Å²) in [6, 6.07) is 16.1. The number of halogens is 1. The van der Waals surface area contributed by atoms with Gasteiger partial charge in [-0.25, -0.2) is 14.4 Å². The van der Waals surface area contributed by atoms with E-state index < -0.39 is 0 Å². The highest BCUT2D eigenvalue weighted by molar-refractivity contribution is 7.98. The largest absolute Gasteiger partial charge is 0.444 e. The molecule has 0 aliphatic rings. The number of benzene rings is 2. The average Bonchev–Trinajstić information content (AvgIpc) is 3.31. The minimum absolute atomic E-state index is 0.280. The monoisotopic (exact) mass is 351 g/mol. The van der Waals surface area contributed by atoms with E-state index >= 15 is 0 Å². The van der Waals surface area contributed by atoms with Crippen molar-refractivity contribution in [1.82, 2.24) is 15.0 Å². The Morgan fingerprint density at radius 1 is 1.00 bits per heavy atom. The van der Waals surface area contributed by atoms with Crippen LogP contribution in [-0.2, 0) is 5.75 Å². The Morgan fingerprint density at radius 3 is 2.60 bits per heavy atom. The smallest absolute Gasteiger partial charge is 0.226 e. The highest BCUT2D eigenvalue weighted by atomic mass is 32.2. The third-order valence-electron chi connectivity index (χ3n) is 3.64. The van der Waals surface area contributed by atoms with Gasteiger partial charge in [0.1, 0.15) is 12.1 Å². The fraction of sp³-hybridized carbons (Fsp3) is 0.0526. The number of aromatic nitrogens is 3. The van der Waals surface area contributed by atoms with Crippen LogP contribution >= 0.6 is 11.8 Å². The number of nitrogens with one attached hydrogen (secondary N) is 1. The molecule has 4 aromatic rings. The van der Waals surface area contributed by atoms with Gasteiger partial charge in [0, 0.05) is 11.3 Å². The van der Waals surface area contributed by atoms with E-state index in [4.69, 9.17) is 4.42 Å². The van der Waals surface area contributed by atoms with Crippen molar-refractivity contribution in [3.8, 4) is 22.7 Å². The molecule has 2 aromatic carbocycles. The molecule has 0 bridgehead atoms. The first kappa shape index (κ1) is 15.7. The van der Waals surface area contributed by atoms with Crippen molar-refractivity contribution in [2.45, 2.75) is 10.9 Å². The molecule has 0 saturated heterocycles. The molecule has 124 valence electrons. The number of thioether (sulfide) groups is 1. The molecule has 1 N–H and O–H groups in total. The van der Waals surface area contributed by atoms with Crippen LogP contribution in [0.1, 0.15) is 5.69 Å². The second kappa shape index (κ2) is 6.94. The van der Waals surface area contributed by atoms with Crippen LogP contribution in [0.2, 0.25) is 0 Å². The topological polar surface area (TPSA) is 54.7 Å². The Morgan fingerprint density at radius 2 is 1.80 bits per heavy atom.